The number of hydrogen-bond donors (Lipinski definition) is 0. The molecular weight excluding hydrogens is 190 g/mol. The van der Waals surface area contributed by atoms with E-state index in [0.717, 1.165) is 13.1 Å². The fourth-order valence-electron chi connectivity index (χ4n) is 1.42. The molecule has 0 aromatic carbocycles. The second kappa shape index (κ2) is 6.80. The SMILES string of the molecule is C=CCN(CCCC)Cc1cccs1. The molecule has 1 aromatic heterocycles. The molecule has 0 fully saturated rings. The summed E-state index contributed by atoms with van der Waals surface area (Å²) in [5.41, 5.74) is 0. The van der Waals surface area contributed by atoms with Gasteiger partial charge < -0.3 is 0 Å². The highest BCUT2D eigenvalue weighted by Gasteiger charge is 2.03. The highest BCUT2D eigenvalue weighted by Crippen LogP contribution is 2.12. The molecule has 0 saturated heterocycles. The fraction of sp³-hybridized carbons (Fsp3) is 0.500. The van der Waals surface area contributed by atoms with Crippen molar-refractivity contribution in [3.8, 4) is 0 Å². The molecule has 0 bridgehead atoms. The van der Waals surface area contributed by atoms with Gasteiger partial charge in [-0.2, -0.15) is 0 Å². The topological polar surface area (TPSA) is 3.24 Å². The zero-order valence-corrected chi connectivity index (χ0v) is 9.72. The Morgan fingerprint density at radius 2 is 2.43 bits per heavy atom. The highest BCUT2D eigenvalue weighted by atomic mass is 32.1. The average Bonchev–Trinajstić information content (AvgIpc) is 2.67. The zero-order chi connectivity index (χ0) is 10.2. The standard InChI is InChI=1S/C12H19NS/c1-3-5-9-13(8-4-2)11-12-7-6-10-14-12/h4,6-7,10H,2-3,5,8-9,11H2,1H3. The Balaban J connectivity index is 2.38. The summed E-state index contributed by atoms with van der Waals surface area (Å²) < 4.78 is 0. The van der Waals surface area contributed by atoms with E-state index in [-0.39, 0.29) is 0 Å². The van der Waals surface area contributed by atoms with Crippen LogP contribution in [-0.2, 0) is 6.54 Å². The minimum Gasteiger partial charge on any atom is -0.295 e. The van der Waals surface area contributed by atoms with Crippen LogP contribution in [0.3, 0.4) is 0 Å². The molecule has 1 aromatic rings. The van der Waals surface area contributed by atoms with Gasteiger partial charge in [-0.05, 0) is 24.4 Å². The summed E-state index contributed by atoms with van der Waals surface area (Å²) >= 11 is 1.83. The maximum Gasteiger partial charge on any atom is 0.0331 e. The van der Waals surface area contributed by atoms with Crippen LogP contribution in [0.15, 0.2) is 30.2 Å². The smallest absolute Gasteiger partial charge is 0.0331 e. The summed E-state index contributed by atoms with van der Waals surface area (Å²) in [6.45, 7) is 9.28. The summed E-state index contributed by atoms with van der Waals surface area (Å²) in [5, 5.41) is 2.14. The van der Waals surface area contributed by atoms with Gasteiger partial charge >= 0.3 is 0 Å². The predicted molar refractivity (Wildman–Crippen MR) is 64.7 cm³/mol. The van der Waals surface area contributed by atoms with Gasteiger partial charge in [0.15, 0.2) is 0 Å². The third-order valence-corrected chi connectivity index (χ3v) is 3.04. The van der Waals surface area contributed by atoms with Crippen LogP contribution < -0.4 is 0 Å². The van der Waals surface area contributed by atoms with E-state index in [9.17, 15) is 0 Å². The molecule has 14 heavy (non-hydrogen) atoms. The van der Waals surface area contributed by atoms with Crippen molar-refractivity contribution >= 4 is 11.3 Å². The summed E-state index contributed by atoms with van der Waals surface area (Å²) in [4.78, 5) is 3.89. The second-order valence-electron chi connectivity index (χ2n) is 3.46. The number of unbranched alkanes of at least 4 members (excludes halogenated alkanes) is 1. The summed E-state index contributed by atoms with van der Waals surface area (Å²) in [7, 11) is 0. The highest BCUT2D eigenvalue weighted by molar-refractivity contribution is 7.09. The van der Waals surface area contributed by atoms with Crippen molar-refractivity contribution in [1.82, 2.24) is 4.90 Å². The summed E-state index contributed by atoms with van der Waals surface area (Å²) in [5.74, 6) is 0. The quantitative estimate of drug-likeness (QED) is 0.621. The molecule has 0 spiro atoms. The molecule has 1 rings (SSSR count). The maximum absolute atomic E-state index is 3.80. The molecular formula is C12H19NS. The molecule has 0 N–H and O–H groups in total. The van der Waals surface area contributed by atoms with Crippen LogP contribution in [0, 0.1) is 0 Å². The normalized spacial score (nSPS) is 10.7. The van der Waals surface area contributed by atoms with Crippen LogP contribution in [-0.4, -0.2) is 18.0 Å². The largest absolute Gasteiger partial charge is 0.295 e. The zero-order valence-electron chi connectivity index (χ0n) is 8.91. The third-order valence-electron chi connectivity index (χ3n) is 2.17. The van der Waals surface area contributed by atoms with E-state index >= 15 is 0 Å². The van der Waals surface area contributed by atoms with Crippen molar-refractivity contribution in [3.63, 3.8) is 0 Å². The van der Waals surface area contributed by atoms with Crippen LogP contribution in [0.1, 0.15) is 24.6 Å². The van der Waals surface area contributed by atoms with E-state index in [1.54, 1.807) is 0 Å². The first-order valence-corrected chi connectivity index (χ1v) is 6.10. The molecule has 0 aliphatic heterocycles. The van der Waals surface area contributed by atoms with E-state index < -0.39 is 0 Å². The Hall–Kier alpha value is -0.600. The van der Waals surface area contributed by atoms with Crippen molar-refractivity contribution in [2.75, 3.05) is 13.1 Å². The van der Waals surface area contributed by atoms with Gasteiger partial charge in [0.2, 0.25) is 0 Å². The van der Waals surface area contributed by atoms with Gasteiger partial charge in [0.05, 0.1) is 0 Å². The molecule has 0 amide bonds. The Labute approximate surface area is 91.1 Å². The van der Waals surface area contributed by atoms with Gasteiger partial charge in [0.25, 0.3) is 0 Å². The number of thiophene rings is 1. The lowest BCUT2D eigenvalue weighted by Gasteiger charge is -2.19. The third kappa shape index (κ3) is 4.07. The van der Waals surface area contributed by atoms with E-state index in [4.69, 9.17) is 0 Å². The number of rotatable bonds is 7. The van der Waals surface area contributed by atoms with Crippen molar-refractivity contribution < 1.29 is 0 Å². The Morgan fingerprint density at radius 3 is 3.00 bits per heavy atom. The van der Waals surface area contributed by atoms with Crippen molar-refractivity contribution in [2.24, 2.45) is 0 Å². The maximum atomic E-state index is 3.80. The monoisotopic (exact) mass is 209 g/mol. The van der Waals surface area contributed by atoms with E-state index in [2.05, 4.69) is 35.9 Å². The van der Waals surface area contributed by atoms with Gasteiger partial charge in [0, 0.05) is 18.0 Å². The second-order valence-corrected chi connectivity index (χ2v) is 4.49. The molecule has 1 heterocycles. The van der Waals surface area contributed by atoms with Crippen LogP contribution in [0.25, 0.3) is 0 Å². The van der Waals surface area contributed by atoms with Crippen molar-refractivity contribution in [3.05, 3.63) is 35.0 Å². The van der Waals surface area contributed by atoms with Gasteiger partial charge in [-0.3, -0.25) is 4.90 Å². The summed E-state index contributed by atoms with van der Waals surface area (Å²) in [6.07, 6.45) is 4.53. The number of hydrogen-bond acceptors (Lipinski definition) is 2. The molecule has 0 atom stereocenters. The van der Waals surface area contributed by atoms with E-state index in [0.29, 0.717) is 0 Å². The molecule has 0 aliphatic rings. The lowest BCUT2D eigenvalue weighted by atomic mass is 10.3. The number of nitrogens with zero attached hydrogens (tertiary/aromatic N) is 1. The molecule has 1 nitrogen and oxygen atoms in total. The Morgan fingerprint density at radius 1 is 1.57 bits per heavy atom. The first kappa shape index (κ1) is 11.5. The van der Waals surface area contributed by atoms with Gasteiger partial charge in [-0.25, -0.2) is 0 Å². The average molecular weight is 209 g/mol. The molecule has 78 valence electrons. The van der Waals surface area contributed by atoms with Crippen LogP contribution in [0.2, 0.25) is 0 Å². The Kier molecular flexibility index (Phi) is 5.57. The van der Waals surface area contributed by atoms with E-state index in [1.807, 2.05) is 17.4 Å². The first-order chi connectivity index (χ1) is 6.86. The van der Waals surface area contributed by atoms with Gasteiger partial charge in [-0.1, -0.05) is 25.5 Å². The lowest BCUT2D eigenvalue weighted by Crippen LogP contribution is -2.23. The van der Waals surface area contributed by atoms with Crippen molar-refractivity contribution in [2.45, 2.75) is 26.3 Å². The van der Waals surface area contributed by atoms with Crippen LogP contribution in [0.4, 0.5) is 0 Å². The minimum absolute atomic E-state index is 0.998. The molecule has 0 radical (unpaired) electrons. The minimum atomic E-state index is 0.998. The van der Waals surface area contributed by atoms with Gasteiger partial charge in [0.1, 0.15) is 0 Å². The molecule has 0 aliphatic carbocycles. The lowest BCUT2D eigenvalue weighted by molar-refractivity contribution is 0.292. The predicted octanol–water partition coefficient (Wildman–Crippen LogP) is 3.54. The first-order valence-electron chi connectivity index (χ1n) is 5.22. The summed E-state index contributed by atoms with van der Waals surface area (Å²) in [6, 6.07) is 4.32. The fourth-order valence-corrected chi connectivity index (χ4v) is 2.17. The van der Waals surface area contributed by atoms with Crippen molar-refractivity contribution in [1.29, 1.82) is 0 Å². The van der Waals surface area contributed by atoms with Crippen LogP contribution >= 0.6 is 11.3 Å². The van der Waals surface area contributed by atoms with Gasteiger partial charge in [-0.15, -0.1) is 17.9 Å². The van der Waals surface area contributed by atoms with E-state index in [1.165, 1.54) is 24.3 Å². The molecule has 2 heteroatoms. The molecule has 0 unspecified atom stereocenters. The van der Waals surface area contributed by atoms with Crippen LogP contribution in [0.5, 0.6) is 0 Å². The molecule has 0 saturated carbocycles. The Bertz CT molecular complexity index is 241.